The first-order valence-corrected chi connectivity index (χ1v) is 8.01. The highest BCUT2D eigenvalue weighted by atomic mass is 16.5. The molecule has 0 aliphatic heterocycles. The van der Waals surface area contributed by atoms with Crippen molar-refractivity contribution in [1.82, 2.24) is 19.7 Å². The monoisotopic (exact) mass is 339 g/mol. The summed E-state index contributed by atoms with van der Waals surface area (Å²) < 4.78 is 6.81. The maximum Gasteiger partial charge on any atom is 0.155 e. The first-order chi connectivity index (χ1) is 12.1. The van der Waals surface area contributed by atoms with E-state index in [9.17, 15) is 5.11 Å². The Balaban J connectivity index is 1.94. The molecule has 0 amide bonds. The number of hydrogen-bond acceptors (Lipinski definition) is 6. The largest absolute Gasteiger partial charge is 0.497 e. The Hall–Kier alpha value is -2.77. The normalized spacial score (nSPS) is 13.4. The molecule has 0 bridgehead atoms. The summed E-state index contributed by atoms with van der Waals surface area (Å²) in [4.78, 5) is 8.67. The van der Waals surface area contributed by atoms with E-state index in [0.29, 0.717) is 18.1 Å². The second-order valence-electron chi connectivity index (χ2n) is 5.80. The molecule has 0 unspecified atom stereocenters. The van der Waals surface area contributed by atoms with Crippen LogP contribution in [-0.4, -0.2) is 38.1 Å². The Bertz CT molecular complexity index is 815. The van der Waals surface area contributed by atoms with Gasteiger partial charge in [0.2, 0.25) is 0 Å². The van der Waals surface area contributed by atoms with Gasteiger partial charge in [0.25, 0.3) is 0 Å². The number of pyridine rings is 1. The SMILES string of the molecule is COc1ccc(Cc2nc([C@H](N)[C@H](C)O)n(-c3cccnc3)n2)cc1. The van der Waals surface area contributed by atoms with Gasteiger partial charge in [0.15, 0.2) is 11.6 Å². The Labute approximate surface area is 146 Å². The fourth-order valence-electron chi connectivity index (χ4n) is 2.47. The lowest BCUT2D eigenvalue weighted by Crippen LogP contribution is -2.26. The van der Waals surface area contributed by atoms with E-state index in [-0.39, 0.29) is 0 Å². The second kappa shape index (κ2) is 7.42. The summed E-state index contributed by atoms with van der Waals surface area (Å²) in [5.41, 5.74) is 7.92. The first-order valence-electron chi connectivity index (χ1n) is 8.01. The van der Waals surface area contributed by atoms with Crippen LogP contribution < -0.4 is 10.5 Å². The summed E-state index contributed by atoms with van der Waals surface area (Å²) >= 11 is 0. The molecule has 130 valence electrons. The number of methoxy groups -OCH3 is 1. The molecule has 7 heteroatoms. The van der Waals surface area contributed by atoms with Gasteiger partial charge in [-0.25, -0.2) is 9.67 Å². The highest BCUT2D eigenvalue weighted by Gasteiger charge is 2.22. The highest BCUT2D eigenvalue weighted by molar-refractivity contribution is 5.31. The van der Waals surface area contributed by atoms with Crippen LogP contribution in [0.3, 0.4) is 0 Å². The quantitative estimate of drug-likeness (QED) is 0.708. The number of nitrogens with zero attached hydrogens (tertiary/aromatic N) is 4. The molecule has 2 aromatic heterocycles. The number of hydrogen-bond donors (Lipinski definition) is 2. The lowest BCUT2D eigenvalue weighted by molar-refractivity contribution is 0.159. The molecule has 0 saturated heterocycles. The molecule has 3 N–H and O–H groups in total. The predicted octanol–water partition coefficient (Wildman–Crippen LogP) is 1.64. The maximum atomic E-state index is 9.87. The Morgan fingerprint density at radius 1 is 1.24 bits per heavy atom. The van der Waals surface area contributed by atoms with E-state index >= 15 is 0 Å². The molecule has 2 heterocycles. The lowest BCUT2D eigenvalue weighted by Gasteiger charge is -2.14. The molecule has 0 fully saturated rings. The fraction of sp³-hybridized carbons (Fsp3) is 0.278. The van der Waals surface area contributed by atoms with Crippen LogP contribution in [0.5, 0.6) is 5.75 Å². The van der Waals surface area contributed by atoms with Gasteiger partial charge in [-0.15, -0.1) is 0 Å². The molecule has 0 spiro atoms. The number of aliphatic hydroxyl groups is 1. The third-order valence-electron chi connectivity index (χ3n) is 3.91. The maximum absolute atomic E-state index is 9.87. The van der Waals surface area contributed by atoms with E-state index in [1.807, 2.05) is 36.4 Å². The summed E-state index contributed by atoms with van der Waals surface area (Å²) in [5, 5.41) is 14.4. The number of ether oxygens (including phenoxy) is 1. The van der Waals surface area contributed by atoms with Crippen molar-refractivity contribution in [1.29, 1.82) is 0 Å². The summed E-state index contributed by atoms with van der Waals surface area (Å²) in [5.74, 6) is 1.93. The van der Waals surface area contributed by atoms with Gasteiger partial charge in [0.1, 0.15) is 5.75 Å². The van der Waals surface area contributed by atoms with Crippen molar-refractivity contribution in [3.63, 3.8) is 0 Å². The first kappa shape index (κ1) is 17.1. The van der Waals surface area contributed by atoms with Crippen molar-refractivity contribution in [3.05, 3.63) is 66.0 Å². The van der Waals surface area contributed by atoms with Gasteiger partial charge in [-0.1, -0.05) is 12.1 Å². The molecule has 1 aromatic carbocycles. The van der Waals surface area contributed by atoms with E-state index in [1.54, 1.807) is 31.1 Å². The van der Waals surface area contributed by atoms with Gasteiger partial charge >= 0.3 is 0 Å². The van der Waals surface area contributed by atoms with Crippen LogP contribution in [0.25, 0.3) is 5.69 Å². The Morgan fingerprint density at radius 2 is 2.00 bits per heavy atom. The van der Waals surface area contributed by atoms with Crippen molar-refractivity contribution in [2.45, 2.75) is 25.5 Å². The Morgan fingerprint density at radius 3 is 2.60 bits per heavy atom. The number of aromatic nitrogens is 4. The summed E-state index contributed by atoms with van der Waals surface area (Å²) in [6.45, 7) is 1.63. The zero-order valence-corrected chi connectivity index (χ0v) is 14.2. The number of rotatable bonds is 6. The highest BCUT2D eigenvalue weighted by Crippen LogP contribution is 2.19. The average molecular weight is 339 g/mol. The van der Waals surface area contributed by atoms with Gasteiger partial charge < -0.3 is 15.6 Å². The molecule has 0 radical (unpaired) electrons. The van der Waals surface area contributed by atoms with Gasteiger partial charge in [-0.2, -0.15) is 5.10 Å². The molecule has 25 heavy (non-hydrogen) atoms. The van der Waals surface area contributed by atoms with Crippen LogP contribution in [0.4, 0.5) is 0 Å². The molecule has 0 saturated carbocycles. The Kier molecular flexibility index (Phi) is 5.06. The zero-order chi connectivity index (χ0) is 17.8. The van der Waals surface area contributed by atoms with Crippen molar-refractivity contribution in [2.75, 3.05) is 7.11 Å². The second-order valence-corrected chi connectivity index (χ2v) is 5.80. The number of aliphatic hydroxyl groups excluding tert-OH is 1. The number of nitrogens with two attached hydrogens (primary N) is 1. The molecular formula is C18H21N5O2. The lowest BCUT2D eigenvalue weighted by atomic mass is 10.1. The van der Waals surface area contributed by atoms with E-state index in [1.165, 1.54) is 0 Å². The molecule has 3 rings (SSSR count). The third kappa shape index (κ3) is 3.84. The molecule has 2 atom stereocenters. The minimum atomic E-state index is -0.742. The summed E-state index contributed by atoms with van der Waals surface area (Å²) in [6.07, 6.45) is 3.18. The van der Waals surface area contributed by atoms with Gasteiger partial charge in [0, 0.05) is 12.6 Å². The van der Waals surface area contributed by atoms with Crippen LogP contribution in [0.15, 0.2) is 48.8 Å². The predicted molar refractivity (Wildman–Crippen MR) is 93.6 cm³/mol. The fourth-order valence-corrected chi connectivity index (χ4v) is 2.47. The molecule has 0 aliphatic rings. The van der Waals surface area contributed by atoms with E-state index in [4.69, 9.17) is 10.5 Å². The molecule has 7 nitrogen and oxygen atoms in total. The van der Waals surface area contributed by atoms with Crippen molar-refractivity contribution in [3.8, 4) is 11.4 Å². The van der Waals surface area contributed by atoms with E-state index in [2.05, 4.69) is 15.1 Å². The minimum Gasteiger partial charge on any atom is -0.497 e. The van der Waals surface area contributed by atoms with Crippen LogP contribution in [-0.2, 0) is 6.42 Å². The van der Waals surface area contributed by atoms with Crippen molar-refractivity contribution < 1.29 is 9.84 Å². The smallest absolute Gasteiger partial charge is 0.155 e. The van der Waals surface area contributed by atoms with Crippen LogP contribution in [0, 0.1) is 0 Å². The van der Waals surface area contributed by atoms with Gasteiger partial charge in [0.05, 0.1) is 31.1 Å². The summed E-state index contributed by atoms with van der Waals surface area (Å²) in [6, 6.07) is 10.8. The average Bonchev–Trinajstić information content (AvgIpc) is 3.06. The van der Waals surface area contributed by atoms with E-state index in [0.717, 1.165) is 17.0 Å². The topological polar surface area (TPSA) is 99.1 Å². The molecule has 0 aliphatic carbocycles. The van der Waals surface area contributed by atoms with Crippen LogP contribution in [0.2, 0.25) is 0 Å². The van der Waals surface area contributed by atoms with Crippen LogP contribution >= 0.6 is 0 Å². The molecule has 3 aromatic rings. The third-order valence-corrected chi connectivity index (χ3v) is 3.91. The summed E-state index contributed by atoms with van der Waals surface area (Å²) in [7, 11) is 1.63. The molecular weight excluding hydrogens is 318 g/mol. The number of benzene rings is 1. The van der Waals surface area contributed by atoms with Crippen LogP contribution in [0.1, 0.15) is 30.2 Å². The van der Waals surface area contributed by atoms with Crippen molar-refractivity contribution >= 4 is 0 Å². The van der Waals surface area contributed by atoms with Gasteiger partial charge in [-0.05, 0) is 36.8 Å². The minimum absolute atomic E-state index is 0.506. The van der Waals surface area contributed by atoms with Crippen molar-refractivity contribution in [2.24, 2.45) is 5.73 Å². The van der Waals surface area contributed by atoms with Gasteiger partial charge in [-0.3, -0.25) is 4.98 Å². The zero-order valence-electron chi connectivity index (χ0n) is 14.2. The van der Waals surface area contributed by atoms with E-state index < -0.39 is 12.1 Å². The standard InChI is InChI=1S/C18H21N5O2/c1-12(24)17(19)18-21-16(10-13-5-7-15(25-2)8-6-13)22-23(18)14-4-3-9-20-11-14/h3-9,11-12,17,24H,10,19H2,1-2H3/t12-,17+/m0/s1.